The first-order valence-corrected chi connectivity index (χ1v) is 11.6. The molecule has 4 rings (SSSR count). The average Bonchev–Trinajstić information content (AvgIpc) is 3.18. The number of aromatic carboxylic acids is 1. The number of fused-ring (bicyclic) bond motifs is 1. The zero-order valence-corrected chi connectivity index (χ0v) is 20.6. The molecule has 1 N–H and O–H groups in total. The predicted octanol–water partition coefficient (Wildman–Crippen LogP) is 4.44. The van der Waals surface area contributed by atoms with Crippen molar-refractivity contribution < 1.29 is 23.8 Å². The van der Waals surface area contributed by atoms with Crippen molar-refractivity contribution in [2.45, 2.75) is 46.1 Å². The number of carboxylic acids is 1. The molecule has 0 saturated carbocycles. The number of anilines is 1. The van der Waals surface area contributed by atoms with Crippen molar-refractivity contribution in [3.63, 3.8) is 0 Å². The maximum Gasteiger partial charge on any atom is 0.410 e. The lowest BCUT2D eigenvalue weighted by molar-refractivity contribution is 0.0240. The zero-order chi connectivity index (χ0) is 25.5. The van der Waals surface area contributed by atoms with Crippen molar-refractivity contribution >= 4 is 28.8 Å². The van der Waals surface area contributed by atoms with Gasteiger partial charge in [0.1, 0.15) is 11.4 Å². The molecule has 2 aromatic heterocycles. The van der Waals surface area contributed by atoms with Crippen LogP contribution in [0.15, 0.2) is 30.3 Å². The first-order chi connectivity index (χ1) is 16.4. The Labute approximate surface area is 203 Å². The van der Waals surface area contributed by atoms with Crippen molar-refractivity contribution in [3.05, 3.63) is 47.5 Å². The number of benzene rings is 1. The van der Waals surface area contributed by atoms with E-state index in [1.807, 2.05) is 34.6 Å². The molecular formula is C25H30FN5O4. The van der Waals surface area contributed by atoms with Gasteiger partial charge in [-0.15, -0.1) is 0 Å². The van der Waals surface area contributed by atoms with E-state index in [0.717, 1.165) is 11.1 Å². The van der Waals surface area contributed by atoms with Crippen LogP contribution >= 0.6 is 0 Å². The van der Waals surface area contributed by atoms with E-state index in [4.69, 9.17) is 9.84 Å². The molecule has 0 radical (unpaired) electrons. The summed E-state index contributed by atoms with van der Waals surface area (Å²) in [7, 11) is 0. The third kappa shape index (κ3) is 5.06. The third-order valence-corrected chi connectivity index (χ3v) is 5.75. The van der Waals surface area contributed by atoms with E-state index in [-0.39, 0.29) is 23.5 Å². The minimum Gasteiger partial charge on any atom is -0.477 e. The molecule has 1 aromatic carbocycles. The van der Waals surface area contributed by atoms with Gasteiger partial charge in [-0.05, 0) is 57.0 Å². The smallest absolute Gasteiger partial charge is 0.410 e. The monoisotopic (exact) mass is 483 g/mol. The molecule has 9 nitrogen and oxygen atoms in total. The van der Waals surface area contributed by atoms with Gasteiger partial charge in [0.05, 0.1) is 22.5 Å². The Hall–Kier alpha value is -3.69. The van der Waals surface area contributed by atoms with Crippen LogP contribution in [0.1, 0.15) is 56.7 Å². The Morgan fingerprint density at radius 2 is 1.71 bits per heavy atom. The Morgan fingerprint density at radius 3 is 2.26 bits per heavy atom. The summed E-state index contributed by atoms with van der Waals surface area (Å²) in [4.78, 5) is 32.6. The third-order valence-electron chi connectivity index (χ3n) is 5.75. The molecule has 1 aliphatic heterocycles. The second-order valence-corrected chi connectivity index (χ2v) is 9.91. The predicted molar refractivity (Wildman–Crippen MR) is 130 cm³/mol. The van der Waals surface area contributed by atoms with Gasteiger partial charge in [0.15, 0.2) is 11.3 Å². The summed E-state index contributed by atoms with van der Waals surface area (Å²) >= 11 is 0. The molecule has 1 saturated heterocycles. The highest BCUT2D eigenvalue weighted by atomic mass is 19.1. The number of carboxylic acid groups (broad SMARTS) is 1. The molecule has 10 heteroatoms. The van der Waals surface area contributed by atoms with E-state index < -0.39 is 11.6 Å². The second kappa shape index (κ2) is 9.16. The van der Waals surface area contributed by atoms with Gasteiger partial charge in [0.25, 0.3) is 0 Å². The molecule has 0 aliphatic carbocycles. The molecular weight excluding hydrogens is 453 g/mol. The molecule has 3 aromatic rings. The normalized spacial score (nSPS) is 14.6. The fraction of sp³-hybridized carbons (Fsp3) is 0.440. The zero-order valence-electron chi connectivity index (χ0n) is 20.6. The van der Waals surface area contributed by atoms with Crippen LogP contribution < -0.4 is 4.90 Å². The fourth-order valence-electron chi connectivity index (χ4n) is 4.10. The number of carbonyl (C=O) groups is 2. The van der Waals surface area contributed by atoms with Crippen LogP contribution in [-0.4, -0.2) is 68.6 Å². The molecule has 0 atom stereocenters. The minimum atomic E-state index is -1.15. The van der Waals surface area contributed by atoms with Crippen LogP contribution in [0.2, 0.25) is 0 Å². The van der Waals surface area contributed by atoms with Crippen LogP contribution in [0.5, 0.6) is 0 Å². The molecule has 1 fully saturated rings. The van der Waals surface area contributed by atoms with Crippen molar-refractivity contribution in [3.8, 4) is 5.69 Å². The molecule has 0 bridgehead atoms. The standard InChI is InChI=1S/C25H30FN5O4/c1-15(2)21-20-19(29-10-12-30(13-11-29)24(34)35-25(3,4)5)14-18(23(32)33)27-22(20)31(28-21)17-8-6-16(26)7-9-17/h6-9,14-15H,10-13H2,1-5H3,(H,32,33). The summed E-state index contributed by atoms with van der Waals surface area (Å²) in [5, 5.41) is 15.3. The topological polar surface area (TPSA) is 101 Å². The van der Waals surface area contributed by atoms with E-state index in [1.165, 1.54) is 12.1 Å². The lowest BCUT2D eigenvalue weighted by Gasteiger charge is -2.37. The fourth-order valence-corrected chi connectivity index (χ4v) is 4.10. The van der Waals surface area contributed by atoms with Gasteiger partial charge in [-0.25, -0.2) is 23.6 Å². The number of aromatic nitrogens is 3. The van der Waals surface area contributed by atoms with Crippen molar-refractivity contribution in [2.75, 3.05) is 31.1 Å². The maximum absolute atomic E-state index is 13.5. The van der Waals surface area contributed by atoms with Crippen LogP contribution in [-0.2, 0) is 4.74 Å². The number of ether oxygens (including phenoxy) is 1. The molecule has 186 valence electrons. The van der Waals surface area contributed by atoms with E-state index in [0.29, 0.717) is 43.2 Å². The van der Waals surface area contributed by atoms with E-state index in [1.54, 1.807) is 27.8 Å². The number of amides is 1. The number of hydrogen-bond acceptors (Lipinski definition) is 6. The van der Waals surface area contributed by atoms with E-state index in [2.05, 4.69) is 9.88 Å². The first kappa shape index (κ1) is 24.4. The summed E-state index contributed by atoms with van der Waals surface area (Å²) in [6.07, 6.45) is -0.366. The van der Waals surface area contributed by atoms with Crippen molar-refractivity contribution in [1.29, 1.82) is 0 Å². The number of rotatable bonds is 4. The van der Waals surface area contributed by atoms with Gasteiger partial charge in [-0.3, -0.25) is 0 Å². The SMILES string of the molecule is CC(C)c1nn(-c2ccc(F)cc2)c2nc(C(=O)O)cc(N3CCN(C(=O)OC(C)(C)C)CC3)c12. The largest absolute Gasteiger partial charge is 0.477 e. The summed E-state index contributed by atoms with van der Waals surface area (Å²) in [5.74, 6) is -1.51. The quantitative estimate of drug-likeness (QED) is 0.586. The highest BCUT2D eigenvalue weighted by Crippen LogP contribution is 2.35. The average molecular weight is 484 g/mol. The number of piperazine rings is 1. The summed E-state index contributed by atoms with van der Waals surface area (Å²) in [6.45, 7) is 11.4. The van der Waals surface area contributed by atoms with Crippen molar-refractivity contribution in [2.24, 2.45) is 0 Å². The number of halogens is 1. The Bertz CT molecular complexity index is 1260. The van der Waals surface area contributed by atoms with Crippen LogP contribution in [0.3, 0.4) is 0 Å². The molecule has 0 spiro atoms. The molecule has 1 aliphatic rings. The highest BCUT2D eigenvalue weighted by Gasteiger charge is 2.29. The molecule has 1 amide bonds. The van der Waals surface area contributed by atoms with Gasteiger partial charge in [-0.2, -0.15) is 5.10 Å². The Kier molecular flexibility index (Phi) is 6.40. The first-order valence-electron chi connectivity index (χ1n) is 11.6. The second-order valence-electron chi connectivity index (χ2n) is 9.91. The molecule has 35 heavy (non-hydrogen) atoms. The van der Waals surface area contributed by atoms with Gasteiger partial charge in [0, 0.05) is 26.2 Å². The van der Waals surface area contributed by atoms with Gasteiger partial charge in [-0.1, -0.05) is 13.8 Å². The lowest BCUT2D eigenvalue weighted by Crippen LogP contribution is -2.50. The number of nitrogens with zero attached hydrogens (tertiary/aromatic N) is 5. The van der Waals surface area contributed by atoms with E-state index >= 15 is 0 Å². The Balaban J connectivity index is 1.77. The molecule has 0 unspecified atom stereocenters. The van der Waals surface area contributed by atoms with E-state index in [9.17, 15) is 19.1 Å². The molecule has 3 heterocycles. The van der Waals surface area contributed by atoms with Crippen LogP contribution in [0, 0.1) is 5.82 Å². The van der Waals surface area contributed by atoms with Crippen molar-refractivity contribution in [1.82, 2.24) is 19.7 Å². The maximum atomic E-state index is 13.5. The highest BCUT2D eigenvalue weighted by molar-refractivity contribution is 5.98. The Morgan fingerprint density at radius 1 is 1.09 bits per heavy atom. The summed E-state index contributed by atoms with van der Waals surface area (Å²) in [5.41, 5.74) is 1.75. The number of hydrogen-bond donors (Lipinski definition) is 1. The van der Waals surface area contributed by atoms with Crippen LogP contribution in [0.4, 0.5) is 14.9 Å². The minimum absolute atomic E-state index is 0.0264. The van der Waals surface area contributed by atoms with Crippen LogP contribution in [0.25, 0.3) is 16.7 Å². The number of carbonyl (C=O) groups excluding carboxylic acids is 1. The number of pyridine rings is 1. The van der Waals surface area contributed by atoms with Gasteiger partial charge in [0.2, 0.25) is 0 Å². The summed E-state index contributed by atoms with van der Waals surface area (Å²) in [6, 6.07) is 7.39. The lowest BCUT2D eigenvalue weighted by atomic mass is 10.0. The van der Waals surface area contributed by atoms with Gasteiger partial charge >= 0.3 is 12.1 Å². The summed E-state index contributed by atoms with van der Waals surface area (Å²) < 4.78 is 20.6. The van der Waals surface area contributed by atoms with Gasteiger partial charge < -0.3 is 19.6 Å².